The molecular weight excluding hydrogens is 542 g/mol. The lowest BCUT2D eigenvalue weighted by atomic mass is 9.99. The molecule has 2 amide bonds. The van der Waals surface area contributed by atoms with Crippen molar-refractivity contribution in [3.63, 3.8) is 0 Å². The van der Waals surface area contributed by atoms with E-state index in [1.807, 2.05) is 24.3 Å². The van der Waals surface area contributed by atoms with E-state index in [1.54, 1.807) is 17.2 Å². The van der Waals surface area contributed by atoms with Crippen molar-refractivity contribution in [3.05, 3.63) is 75.9 Å². The molecule has 6 rings (SSSR count). The van der Waals surface area contributed by atoms with Gasteiger partial charge in [0.15, 0.2) is 0 Å². The number of benzene rings is 2. The molecule has 2 aromatic carbocycles. The maximum absolute atomic E-state index is 13.7. The van der Waals surface area contributed by atoms with Gasteiger partial charge in [-0.15, -0.1) is 0 Å². The van der Waals surface area contributed by atoms with Gasteiger partial charge in [0.05, 0.1) is 29.0 Å². The fourth-order valence-corrected chi connectivity index (χ4v) is 6.51. The Morgan fingerprint density at radius 3 is 2.78 bits per heavy atom. The third-order valence-corrected chi connectivity index (χ3v) is 8.66. The van der Waals surface area contributed by atoms with E-state index in [0.29, 0.717) is 47.4 Å². The topological polar surface area (TPSA) is 117 Å². The first kappa shape index (κ1) is 27.6. The molecule has 1 unspecified atom stereocenters. The quantitative estimate of drug-likeness (QED) is 0.366. The van der Waals surface area contributed by atoms with Gasteiger partial charge in [-0.05, 0) is 54.4 Å². The fraction of sp³-hybridized carbons (Fsp3) is 0.419. The summed E-state index contributed by atoms with van der Waals surface area (Å²) in [5.41, 5.74) is 4.86. The summed E-state index contributed by atoms with van der Waals surface area (Å²) < 4.78 is 5.43. The molecule has 3 heterocycles. The maximum Gasteiger partial charge on any atom is 0.255 e. The van der Waals surface area contributed by atoms with Gasteiger partial charge in [-0.1, -0.05) is 54.9 Å². The molecule has 1 fully saturated rings. The van der Waals surface area contributed by atoms with Crippen LogP contribution in [0.1, 0.15) is 65.3 Å². The second-order valence-electron chi connectivity index (χ2n) is 11.1. The molecule has 2 aliphatic heterocycles. The van der Waals surface area contributed by atoms with Crippen LogP contribution < -0.4 is 10.6 Å². The normalized spacial score (nSPS) is 22.0. The second-order valence-corrected chi connectivity index (χ2v) is 11.5. The highest BCUT2D eigenvalue weighted by Crippen LogP contribution is 2.39. The van der Waals surface area contributed by atoms with E-state index in [0.717, 1.165) is 30.4 Å². The summed E-state index contributed by atoms with van der Waals surface area (Å²) in [5.74, 6) is 0.274. The van der Waals surface area contributed by atoms with E-state index in [4.69, 9.17) is 16.3 Å². The van der Waals surface area contributed by atoms with Crippen LogP contribution in [0.5, 0.6) is 0 Å². The summed E-state index contributed by atoms with van der Waals surface area (Å²) in [5, 5.41) is 16.7. The van der Waals surface area contributed by atoms with Crippen molar-refractivity contribution in [1.82, 2.24) is 20.2 Å². The highest BCUT2D eigenvalue weighted by atomic mass is 35.5. The average Bonchev–Trinajstić information content (AvgIpc) is 3.43. The van der Waals surface area contributed by atoms with Crippen LogP contribution in [0.25, 0.3) is 11.3 Å². The summed E-state index contributed by atoms with van der Waals surface area (Å²) in [6.07, 6.45) is 4.55. The molecule has 41 heavy (non-hydrogen) atoms. The van der Waals surface area contributed by atoms with Crippen molar-refractivity contribution in [2.24, 2.45) is 5.92 Å². The number of aliphatic hydroxyl groups is 1. The Kier molecular flexibility index (Phi) is 7.92. The molecule has 3 N–H and O–H groups in total. The number of rotatable bonds is 8. The van der Waals surface area contributed by atoms with Gasteiger partial charge in [-0.3, -0.25) is 9.59 Å². The summed E-state index contributed by atoms with van der Waals surface area (Å²) in [6.45, 7) is 3.32. The molecule has 3 aliphatic rings. The average molecular weight is 576 g/mol. The molecule has 0 spiro atoms. The Bertz CT molecular complexity index is 1460. The third-order valence-electron chi connectivity index (χ3n) is 8.39. The molecule has 3 aromatic rings. The van der Waals surface area contributed by atoms with Crippen molar-refractivity contribution in [2.45, 2.75) is 50.7 Å². The van der Waals surface area contributed by atoms with Gasteiger partial charge in [-0.25, -0.2) is 9.97 Å². The van der Waals surface area contributed by atoms with Crippen LogP contribution in [-0.4, -0.2) is 64.2 Å². The number of hydrogen-bond donors (Lipinski definition) is 3. The van der Waals surface area contributed by atoms with E-state index < -0.39 is 6.04 Å². The number of aliphatic hydroxyl groups excluding tert-OH is 1. The molecule has 10 heteroatoms. The van der Waals surface area contributed by atoms with E-state index in [9.17, 15) is 14.7 Å². The highest BCUT2D eigenvalue weighted by molar-refractivity contribution is 6.33. The summed E-state index contributed by atoms with van der Waals surface area (Å²) in [6, 6.07) is 13.4. The second kappa shape index (κ2) is 11.8. The first-order valence-electron chi connectivity index (χ1n) is 14.2. The van der Waals surface area contributed by atoms with Gasteiger partial charge < -0.3 is 25.4 Å². The van der Waals surface area contributed by atoms with E-state index >= 15 is 0 Å². The molecule has 9 nitrogen and oxygen atoms in total. The molecule has 3 atom stereocenters. The number of halogens is 1. The van der Waals surface area contributed by atoms with E-state index in [-0.39, 0.29) is 43.0 Å². The van der Waals surface area contributed by atoms with Crippen molar-refractivity contribution in [1.29, 1.82) is 0 Å². The number of carbonyl (C=O) groups is 2. The van der Waals surface area contributed by atoms with Gasteiger partial charge in [-0.2, -0.15) is 0 Å². The zero-order valence-corrected chi connectivity index (χ0v) is 23.7. The Morgan fingerprint density at radius 1 is 1.17 bits per heavy atom. The number of anilines is 1. The van der Waals surface area contributed by atoms with Crippen molar-refractivity contribution in [3.8, 4) is 11.3 Å². The predicted octanol–water partition coefficient (Wildman–Crippen LogP) is 4.32. The number of hydrogen-bond acceptors (Lipinski definition) is 7. The Balaban J connectivity index is 1.22. The number of amides is 2. The largest absolute Gasteiger partial charge is 0.396 e. The third kappa shape index (κ3) is 5.54. The number of nitrogens with zero attached hydrogens (tertiary/aromatic N) is 3. The smallest absolute Gasteiger partial charge is 0.255 e. The van der Waals surface area contributed by atoms with E-state index in [2.05, 4.69) is 39.7 Å². The molecule has 1 saturated heterocycles. The molecule has 1 aromatic heterocycles. The number of ether oxygens (including phenoxy) is 1. The highest BCUT2D eigenvalue weighted by Gasteiger charge is 2.39. The first-order valence-corrected chi connectivity index (χ1v) is 14.6. The molecule has 1 aliphatic carbocycles. The van der Waals surface area contributed by atoms with Crippen LogP contribution in [0.2, 0.25) is 5.02 Å². The standard InChI is InChI=1S/C31H34ClN5O4/c1-18-14-19-4-2-3-5-22(19)28(18)35-27(39)17-37-26(8-11-38)23-7-6-20(15-24(23)30(37)40)29-25(32)16-33-31(36-29)34-21-9-12-41-13-10-21/h2-7,15-16,18,21,26,28,38H,8-14,17H2,1H3,(H,35,39)(H,33,34,36)/t18-,26?,28-/m1/s1. The van der Waals surface area contributed by atoms with Crippen molar-refractivity contribution < 1.29 is 19.4 Å². The van der Waals surface area contributed by atoms with Gasteiger partial charge in [0.2, 0.25) is 11.9 Å². The summed E-state index contributed by atoms with van der Waals surface area (Å²) in [7, 11) is 0. The van der Waals surface area contributed by atoms with Crippen molar-refractivity contribution >= 4 is 29.4 Å². The Hall–Kier alpha value is -3.53. The lowest BCUT2D eigenvalue weighted by molar-refractivity contribution is -0.123. The van der Waals surface area contributed by atoms with Crippen LogP contribution in [0, 0.1) is 5.92 Å². The molecule has 0 radical (unpaired) electrons. The first-order chi connectivity index (χ1) is 19.9. The monoisotopic (exact) mass is 575 g/mol. The lowest BCUT2D eigenvalue weighted by Crippen LogP contribution is -2.41. The molecule has 214 valence electrons. The maximum atomic E-state index is 13.7. The van der Waals surface area contributed by atoms with Crippen LogP contribution in [-0.2, 0) is 16.0 Å². The van der Waals surface area contributed by atoms with Crippen molar-refractivity contribution in [2.75, 3.05) is 31.7 Å². The Labute approximate surface area is 244 Å². The van der Waals surface area contributed by atoms with Crippen LogP contribution in [0.4, 0.5) is 5.95 Å². The van der Waals surface area contributed by atoms with Crippen LogP contribution in [0.3, 0.4) is 0 Å². The minimum Gasteiger partial charge on any atom is -0.396 e. The van der Waals surface area contributed by atoms with E-state index in [1.165, 1.54) is 5.56 Å². The summed E-state index contributed by atoms with van der Waals surface area (Å²) in [4.78, 5) is 37.5. The van der Waals surface area contributed by atoms with Gasteiger partial charge in [0, 0.05) is 37.0 Å². The SMILES string of the molecule is C[C@@H]1Cc2ccccc2[C@@H]1NC(=O)CN1C(=O)c2cc(-c3nc(NC4CCOCC4)ncc3Cl)ccc2C1CCO. The van der Waals surface area contributed by atoms with Gasteiger partial charge in [0.1, 0.15) is 6.54 Å². The summed E-state index contributed by atoms with van der Waals surface area (Å²) >= 11 is 6.51. The molecular formula is C31H34ClN5O4. The number of fused-ring (bicyclic) bond motifs is 2. The number of aromatic nitrogens is 2. The fourth-order valence-electron chi connectivity index (χ4n) is 6.31. The molecule has 0 bridgehead atoms. The minimum atomic E-state index is -0.401. The zero-order valence-electron chi connectivity index (χ0n) is 23.0. The van der Waals surface area contributed by atoms with Gasteiger partial charge in [0.25, 0.3) is 5.91 Å². The van der Waals surface area contributed by atoms with Gasteiger partial charge >= 0.3 is 0 Å². The molecule has 0 saturated carbocycles. The number of carbonyl (C=O) groups excluding carboxylic acids is 2. The predicted molar refractivity (Wildman–Crippen MR) is 156 cm³/mol. The number of nitrogens with one attached hydrogen (secondary N) is 2. The van der Waals surface area contributed by atoms with Crippen LogP contribution in [0.15, 0.2) is 48.7 Å². The Morgan fingerprint density at radius 2 is 1.98 bits per heavy atom. The lowest BCUT2D eigenvalue weighted by Gasteiger charge is -2.26. The zero-order chi connectivity index (χ0) is 28.5. The van der Waals surface area contributed by atoms with Crippen LogP contribution >= 0.6 is 11.6 Å². The minimum absolute atomic E-state index is 0.0909.